The lowest BCUT2D eigenvalue weighted by atomic mass is 10.1. The smallest absolute Gasteiger partial charge is 0.137 e. The maximum Gasteiger partial charge on any atom is 0.137 e. The SMILES string of the molecule is CO[C@]1(COc2cccc(Cl)c2)COCCN(Cc2cccc(OCCCn3ccnc3C)c2)C1. The number of ether oxygens (including phenoxy) is 4. The van der Waals surface area contributed by atoms with E-state index in [4.69, 9.17) is 30.5 Å². The van der Waals surface area contributed by atoms with Gasteiger partial charge in [-0.15, -0.1) is 0 Å². The van der Waals surface area contributed by atoms with E-state index in [-0.39, 0.29) is 0 Å². The summed E-state index contributed by atoms with van der Waals surface area (Å²) in [6.07, 6.45) is 4.75. The molecule has 0 amide bonds. The van der Waals surface area contributed by atoms with Crippen LogP contribution < -0.4 is 9.47 Å². The molecule has 1 aromatic heterocycles. The van der Waals surface area contributed by atoms with Gasteiger partial charge in [0.2, 0.25) is 0 Å². The van der Waals surface area contributed by atoms with Crippen LogP contribution in [0, 0.1) is 6.92 Å². The van der Waals surface area contributed by atoms with Gasteiger partial charge in [0.1, 0.15) is 29.5 Å². The van der Waals surface area contributed by atoms with Crippen molar-refractivity contribution >= 4 is 11.6 Å². The van der Waals surface area contributed by atoms with Gasteiger partial charge in [-0.05, 0) is 49.2 Å². The normalized spacial score (nSPS) is 18.8. The molecule has 1 aliphatic rings. The van der Waals surface area contributed by atoms with E-state index in [0.29, 0.717) is 38.0 Å². The summed E-state index contributed by atoms with van der Waals surface area (Å²) in [6.45, 7) is 7.35. The van der Waals surface area contributed by atoms with Crippen LogP contribution in [0.15, 0.2) is 60.9 Å². The third-order valence-corrected chi connectivity index (χ3v) is 6.44. The van der Waals surface area contributed by atoms with E-state index in [1.54, 1.807) is 7.11 Å². The molecule has 2 aromatic carbocycles. The lowest BCUT2D eigenvalue weighted by Gasteiger charge is -2.34. The van der Waals surface area contributed by atoms with Crippen LogP contribution in [-0.4, -0.2) is 66.7 Å². The molecule has 2 heterocycles. The highest BCUT2D eigenvalue weighted by Crippen LogP contribution is 2.23. The van der Waals surface area contributed by atoms with Gasteiger partial charge in [-0.1, -0.05) is 29.8 Å². The molecule has 0 saturated carbocycles. The standard InChI is InChI=1S/C27H34ClN3O4/c1-22-29-10-12-31(22)11-5-14-34-25-8-3-6-23(16-25)18-30-13-15-33-20-27(19-30,32-2)21-35-26-9-4-7-24(28)17-26/h3-4,6-10,12,16-17H,5,11,13-15,18-21H2,1-2H3/t27-/m0/s1. The average Bonchev–Trinajstić information content (AvgIpc) is 3.16. The van der Waals surface area contributed by atoms with Crippen molar-refractivity contribution in [3.05, 3.63) is 77.3 Å². The number of rotatable bonds is 11. The van der Waals surface area contributed by atoms with E-state index in [1.165, 1.54) is 5.56 Å². The van der Waals surface area contributed by atoms with Crippen molar-refractivity contribution in [2.75, 3.05) is 46.6 Å². The minimum absolute atomic E-state index is 0.375. The summed E-state index contributed by atoms with van der Waals surface area (Å²) in [4.78, 5) is 6.61. The van der Waals surface area contributed by atoms with Crippen LogP contribution >= 0.6 is 11.6 Å². The third-order valence-electron chi connectivity index (χ3n) is 6.20. The number of aryl methyl sites for hydroxylation is 2. The van der Waals surface area contributed by atoms with Crippen molar-refractivity contribution in [2.45, 2.75) is 32.0 Å². The average molecular weight is 500 g/mol. The minimum Gasteiger partial charge on any atom is -0.494 e. The zero-order valence-electron chi connectivity index (χ0n) is 20.5. The molecule has 3 aromatic rings. The minimum atomic E-state index is -0.571. The fraction of sp³-hybridized carbons (Fsp3) is 0.444. The molecular weight excluding hydrogens is 466 g/mol. The number of benzene rings is 2. The number of aromatic nitrogens is 2. The van der Waals surface area contributed by atoms with Gasteiger partial charge < -0.3 is 23.5 Å². The Bertz CT molecular complexity index is 1080. The molecule has 1 fully saturated rings. The highest BCUT2D eigenvalue weighted by Gasteiger charge is 2.36. The summed E-state index contributed by atoms with van der Waals surface area (Å²) < 4.78 is 26.1. The Morgan fingerprint density at radius 2 is 1.94 bits per heavy atom. The van der Waals surface area contributed by atoms with Gasteiger partial charge >= 0.3 is 0 Å². The number of nitrogens with zero attached hydrogens (tertiary/aromatic N) is 3. The van der Waals surface area contributed by atoms with Gasteiger partial charge in [0, 0.05) is 50.7 Å². The Kier molecular flexibility index (Phi) is 9.04. The van der Waals surface area contributed by atoms with Gasteiger partial charge in [0.15, 0.2) is 0 Å². The molecule has 4 rings (SSSR count). The molecule has 0 bridgehead atoms. The van der Waals surface area contributed by atoms with Crippen LogP contribution in [0.25, 0.3) is 0 Å². The highest BCUT2D eigenvalue weighted by molar-refractivity contribution is 6.30. The molecule has 8 heteroatoms. The van der Waals surface area contributed by atoms with E-state index >= 15 is 0 Å². The Morgan fingerprint density at radius 3 is 2.71 bits per heavy atom. The summed E-state index contributed by atoms with van der Waals surface area (Å²) in [6, 6.07) is 15.7. The number of hydrogen-bond acceptors (Lipinski definition) is 6. The molecule has 1 aliphatic heterocycles. The van der Waals surface area contributed by atoms with Crippen LogP contribution in [0.3, 0.4) is 0 Å². The third kappa shape index (κ3) is 7.45. The van der Waals surface area contributed by atoms with E-state index < -0.39 is 5.60 Å². The van der Waals surface area contributed by atoms with Gasteiger partial charge in [-0.2, -0.15) is 0 Å². The fourth-order valence-corrected chi connectivity index (χ4v) is 4.40. The summed E-state index contributed by atoms with van der Waals surface area (Å²) in [5.74, 6) is 2.63. The van der Waals surface area contributed by atoms with Gasteiger partial charge in [0.05, 0.1) is 19.8 Å². The first-order valence-electron chi connectivity index (χ1n) is 12.0. The number of methoxy groups -OCH3 is 1. The lowest BCUT2D eigenvalue weighted by molar-refractivity contribution is -0.0925. The molecule has 35 heavy (non-hydrogen) atoms. The summed E-state index contributed by atoms with van der Waals surface area (Å²) >= 11 is 6.10. The second kappa shape index (κ2) is 12.4. The zero-order valence-corrected chi connectivity index (χ0v) is 21.2. The molecule has 188 valence electrons. The topological polar surface area (TPSA) is 58.0 Å². The fourth-order valence-electron chi connectivity index (χ4n) is 4.22. The number of imidazole rings is 1. The van der Waals surface area contributed by atoms with Crippen molar-refractivity contribution in [1.82, 2.24) is 14.5 Å². The molecule has 0 aliphatic carbocycles. The Balaban J connectivity index is 1.32. The van der Waals surface area contributed by atoms with Crippen molar-refractivity contribution in [3.63, 3.8) is 0 Å². The van der Waals surface area contributed by atoms with Crippen LogP contribution in [0.1, 0.15) is 17.8 Å². The van der Waals surface area contributed by atoms with Crippen molar-refractivity contribution in [2.24, 2.45) is 0 Å². The summed E-state index contributed by atoms with van der Waals surface area (Å²) in [5, 5.41) is 0.645. The van der Waals surface area contributed by atoms with E-state index in [9.17, 15) is 0 Å². The first-order chi connectivity index (χ1) is 17.0. The van der Waals surface area contributed by atoms with Gasteiger partial charge in [-0.25, -0.2) is 4.98 Å². The summed E-state index contributed by atoms with van der Waals surface area (Å²) in [5.41, 5.74) is 0.619. The van der Waals surface area contributed by atoms with Crippen LogP contribution in [-0.2, 0) is 22.6 Å². The van der Waals surface area contributed by atoms with E-state index in [0.717, 1.165) is 43.4 Å². The van der Waals surface area contributed by atoms with Crippen LogP contribution in [0.5, 0.6) is 11.5 Å². The second-order valence-electron chi connectivity index (χ2n) is 8.91. The molecule has 0 spiro atoms. The van der Waals surface area contributed by atoms with Crippen molar-refractivity contribution < 1.29 is 18.9 Å². The quantitative estimate of drug-likeness (QED) is 0.359. The second-order valence-corrected chi connectivity index (χ2v) is 9.35. The molecule has 0 N–H and O–H groups in total. The number of halogens is 1. The van der Waals surface area contributed by atoms with Gasteiger partial charge in [0.25, 0.3) is 0 Å². The molecular formula is C27H34ClN3O4. The molecule has 0 radical (unpaired) electrons. The molecule has 1 atom stereocenters. The van der Waals surface area contributed by atoms with Gasteiger partial charge in [-0.3, -0.25) is 4.90 Å². The van der Waals surface area contributed by atoms with Crippen molar-refractivity contribution in [1.29, 1.82) is 0 Å². The Hall–Kier alpha value is -2.58. The largest absolute Gasteiger partial charge is 0.494 e. The molecule has 1 saturated heterocycles. The predicted molar refractivity (Wildman–Crippen MR) is 136 cm³/mol. The predicted octanol–water partition coefficient (Wildman–Crippen LogP) is 4.61. The van der Waals surface area contributed by atoms with Crippen LogP contribution in [0.2, 0.25) is 5.02 Å². The summed E-state index contributed by atoms with van der Waals surface area (Å²) in [7, 11) is 1.72. The van der Waals surface area contributed by atoms with Crippen molar-refractivity contribution in [3.8, 4) is 11.5 Å². The zero-order chi connectivity index (χ0) is 24.5. The van der Waals surface area contributed by atoms with E-state index in [1.807, 2.05) is 55.7 Å². The highest BCUT2D eigenvalue weighted by atomic mass is 35.5. The monoisotopic (exact) mass is 499 g/mol. The Morgan fingerprint density at radius 1 is 1.11 bits per heavy atom. The maximum atomic E-state index is 6.10. The molecule has 7 nitrogen and oxygen atoms in total. The Labute approximate surface area is 212 Å². The van der Waals surface area contributed by atoms with Crippen LogP contribution in [0.4, 0.5) is 0 Å². The first-order valence-corrected chi connectivity index (χ1v) is 12.4. The molecule has 0 unspecified atom stereocenters. The lowest BCUT2D eigenvalue weighted by Crippen LogP contribution is -2.50. The maximum absolute atomic E-state index is 6.10. The number of hydrogen-bond donors (Lipinski definition) is 0. The first kappa shape index (κ1) is 25.5. The van der Waals surface area contributed by atoms with E-state index in [2.05, 4.69) is 26.6 Å².